The van der Waals surface area contributed by atoms with E-state index in [-0.39, 0.29) is 18.0 Å². The maximum absolute atomic E-state index is 12.8. The molecule has 1 aliphatic rings. The molecule has 0 bridgehead atoms. The number of benzene rings is 1. The van der Waals surface area contributed by atoms with Gasteiger partial charge in [-0.25, -0.2) is 17.8 Å². The first-order valence-electron chi connectivity index (χ1n) is 7.38. The Bertz CT molecular complexity index is 825. The number of nitrogens with one attached hydrogen (secondary N) is 2. The number of hydrogen-bond donors (Lipinski definition) is 2. The Hall–Kier alpha value is -2.48. The number of hydrogen-bond acceptors (Lipinski definition) is 4. The Labute approximate surface area is 139 Å². The Morgan fingerprint density at radius 3 is 2.50 bits per heavy atom. The van der Waals surface area contributed by atoms with Crippen molar-refractivity contribution in [3.05, 3.63) is 54.2 Å². The lowest BCUT2D eigenvalue weighted by Gasteiger charge is -2.09. The molecule has 24 heavy (non-hydrogen) atoms. The summed E-state index contributed by atoms with van der Waals surface area (Å²) in [6, 6.07) is 11.8. The number of carbonyl (C=O) groups is 1. The summed E-state index contributed by atoms with van der Waals surface area (Å²) in [4.78, 5) is 15.6. The molecule has 2 N–H and O–H groups in total. The second kappa shape index (κ2) is 6.56. The van der Waals surface area contributed by atoms with Crippen molar-refractivity contribution < 1.29 is 17.6 Å². The molecule has 0 unspecified atom stereocenters. The summed E-state index contributed by atoms with van der Waals surface area (Å²) in [6.07, 6.45) is 0.468. The Morgan fingerprint density at radius 1 is 1.21 bits per heavy atom. The Morgan fingerprint density at radius 2 is 1.92 bits per heavy atom. The smallest absolute Gasteiger partial charge is 0.236 e. The molecule has 1 aromatic carbocycles. The maximum atomic E-state index is 12.8. The van der Waals surface area contributed by atoms with Crippen molar-refractivity contribution in [2.45, 2.75) is 18.3 Å². The number of carbonyl (C=O) groups excluding carboxylic acids is 1. The minimum Gasteiger partial charge on any atom is -0.310 e. The third-order valence-corrected chi connectivity index (χ3v) is 4.80. The number of nitrogens with zero attached hydrogens (tertiary/aromatic N) is 1. The molecule has 6 nitrogen and oxygen atoms in total. The minimum atomic E-state index is -3.56. The molecule has 1 heterocycles. The Kier molecular flexibility index (Phi) is 4.48. The van der Waals surface area contributed by atoms with E-state index in [1.807, 2.05) is 6.07 Å². The predicted molar refractivity (Wildman–Crippen MR) is 88.6 cm³/mol. The zero-order valence-corrected chi connectivity index (χ0v) is 13.5. The fourth-order valence-electron chi connectivity index (χ4n) is 2.19. The summed E-state index contributed by atoms with van der Waals surface area (Å²) in [5, 5.41) is 2.50. The van der Waals surface area contributed by atoms with Gasteiger partial charge >= 0.3 is 0 Å². The van der Waals surface area contributed by atoms with Crippen LogP contribution >= 0.6 is 0 Å². The van der Waals surface area contributed by atoms with Gasteiger partial charge in [0.1, 0.15) is 12.0 Å². The van der Waals surface area contributed by atoms with Crippen LogP contribution in [0.25, 0.3) is 0 Å². The maximum Gasteiger partial charge on any atom is 0.236 e. The second-order valence-corrected chi connectivity index (χ2v) is 7.35. The predicted octanol–water partition coefficient (Wildman–Crippen LogP) is 2.32. The van der Waals surface area contributed by atoms with E-state index in [2.05, 4.69) is 15.0 Å². The van der Waals surface area contributed by atoms with Gasteiger partial charge < -0.3 is 5.32 Å². The molecule has 1 amide bonds. The first-order valence-corrected chi connectivity index (χ1v) is 9.03. The van der Waals surface area contributed by atoms with E-state index in [9.17, 15) is 17.6 Å². The van der Waals surface area contributed by atoms with E-state index in [1.165, 1.54) is 18.3 Å². The molecule has 0 saturated heterocycles. The van der Waals surface area contributed by atoms with Gasteiger partial charge in [-0.05, 0) is 24.1 Å². The fraction of sp³-hybridized carbons (Fsp3) is 0.250. The van der Waals surface area contributed by atoms with Crippen LogP contribution in [0, 0.1) is 5.92 Å². The molecule has 8 heteroatoms. The molecule has 3 rings (SSSR count). The summed E-state index contributed by atoms with van der Waals surface area (Å²) < 4.78 is 39.5. The van der Waals surface area contributed by atoms with Gasteiger partial charge in [0.15, 0.2) is 0 Å². The molecule has 126 valence electrons. The van der Waals surface area contributed by atoms with Crippen LogP contribution in [0.5, 0.6) is 0 Å². The van der Waals surface area contributed by atoms with Crippen LogP contribution < -0.4 is 10.0 Å². The van der Waals surface area contributed by atoms with Crippen LogP contribution in [0.3, 0.4) is 0 Å². The van der Waals surface area contributed by atoms with Gasteiger partial charge in [-0.1, -0.05) is 30.3 Å². The van der Waals surface area contributed by atoms with Crippen molar-refractivity contribution in [3.63, 3.8) is 0 Å². The summed E-state index contributed by atoms with van der Waals surface area (Å²) in [7, 11) is -3.56. The summed E-state index contributed by atoms with van der Waals surface area (Å²) >= 11 is 0. The van der Waals surface area contributed by atoms with Crippen molar-refractivity contribution >= 4 is 27.4 Å². The van der Waals surface area contributed by atoms with Crippen LogP contribution in [0.4, 0.5) is 15.9 Å². The fourth-order valence-corrected chi connectivity index (χ4v) is 3.38. The minimum absolute atomic E-state index is 0.147. The lowest BCUT2D eigenvalue weighted by atomic mass is 10.2. The van der Waals surface area contributed by atoms with Crippen LogP contribution in [-0.2, 0) is 20.6 Å². The van der Waals surface area contributed by atoms with E-state index in [4.69, 9.17) is 0 Å². The van der Waals surface area contributed by atoms with Crippen LogP contribution in [0.1, 0.15) is 12.0 Å². The topological polar surface area (TPSA) is 88.2 Å². The lowest BCUT2D eigenvalue weighted by Crippen LogP contribution is -2.17. The highest BCUT2D eigenvalue weighted by atomic mass is 32.2. The van der Waals surface area contributed by atoms with Crippen LogP contribution in [0.15, 0.2) is 48.7 Å². The number of rotatable bonds is 6. The highest BCUT2D eigenvalue weighted by Gasteiger charge is 2.43. The summed E-state index contributed by atoms with van der Waals surface area (Å²) in [5.41, 5.74) is 0.964. The van der Waals surface area contributed by atoms with Crippen molar-refractivity contribution in [1.82, 2.24) is 4.98 Å². The number of sulfonamides is 1. The van der Waals surface area contributed by atoms with Crippen molar-refractivity contribution in [1.29, 1.82) is 0 Å². The number of alkyl halides is 1. The second-order valence-electron chi connectivity index (χ2n) is 5.63. The van der Waals surface area contributed by atoms with E-state index in [1.54, 1.807) is 24.3 Å². The molecule has 0 radical (unpaired) electrons. The molecule has 1 aromatic heterocycles. The zero-order chi connectivity index (χ0) is 17.2. The van der Waals surface area contributed by atoms with Gasteiger partial charge in [-0.2, -0.15) is 0 Å². The van der Waals surface area contributed by atoms with Gasteiger partial charge in [-0.15, -0.1) is 0 Å². The first-order chi connectivity index (χ1) is 11.4. The summed E-state index contributed by atoms with van der Waals surface area (Å²) in [5.74, 6) is -0.903. The molecule has 1 saturated carbocycles. The van der Waals surface area contributed by atoms with Crippen molar-refractivity contribution in [2.24, 2.45) is 5.92 Å². The van der Waals surface area contributed by atoms with Gasteiger partial charge in [-0.3, -0.25) is 9.52 Å². The number of pyridine rings is 1. The number of anilines is 2. The first kappa shape index (κ1) is 16.4. The third kappa shape index (κ3) is 4.29. The van der Waals surface area contributed by atoms with Gasteiger partial charge in [0.2, 0.25) is 15.9 Å². The molecule has 1 fully saturated rings. The van der Waals surface area contributed by atoms with E-state index in [0.29, 0.717) is 11.3 Å². The molecule has 0 spiro atoms. The average molecular weight is 349 g/mol. The normalized spacial score (nSPS) is 19.5. The largest absolute Gasteiger partial charge is 0.310 e. The zero-order valence-electron chi connectivity index (χ0n) is 12.6. The average Bonchev–Trinajstić information content (AvgIpc) is 3.26. The third-order valence-electron chi connectivity index (χ3n) is 3.54. The highest BCUT2D eigenvalue weighted by molar-refractivity contribution is 7.91. The monoisotopic (exact) mass is 349 g/mol. The lowest BCUT2D eigenvalue weighted by molar-refractivity contribution is -0.117. The number of amides is 1. The summed E-state index contributed by atoms with van der Waals surface area (Å²) in [6.45, 7) is 0. The van der Waals surface area contributed by atoms with Crippen molar-refractivity contribution in [2.75, 3.05) is 10.0 Å². The highest BCUT2D eigenvalue weighted by Crippen LogP contribution is 2.34. The van der Waals surface area contributed by atoms with Crippen LogP contribution in [0.2, 0.25) is 0 Å². The van der Waals surface area contributed by atoms with Crippen LogP contribution in [-0.4, -0.2) is 25.5 Å². The van der Waals surface area contributed by atoms with Crippen molar-refractivity contribution in [3.8, 4) is 0 Å². The molecule has 0 aliphatic heterocycles. The molecular formula is C16H16FN3O3S. The van der Waals surface area contributed by atoms with E-state index < -0.39 is 28.0 Å². The van der Waals surface area contributed by atoms with Gasteiger partial charge in [0, 0.05) is 0 Å². The molecule has 2 aromatic rings. The quantitative estimate of drug-likeness (QED) is 0.838. The van der Waals surface area contributed by atoms with Gasteiger partial charge in [0.25, 0.3) is 0 Å². The van der Waals surface area contributed by atoms with E-state index in [0.717, 1.165) is 0 Å². The molecule has 1 aliphatic carbocycles. The standard InChI is InChI=1S/C16H16FN3O3S/c17-14-8-13(14)16(21)19-15-7-6-12(9-18-15)20-24(22,23)10-11-4-2-1-3-5-11/h1-7,9,13-14,20H,8,10H2,(H,18,19,21)/t13-,14+/m0/s1. The SMILES string of the molecule is O=C(Nc1ccc(NS(=O)(=O)Cc2ccccc2)cn1)[C@H]1C[C@H]1F. The number of halogens is 1. The van der Waals surface area contributed by atoms with E-state index >= 15 is 0 Å². The Balaban J connectivity index is 1.60. The van der Waals surface area contributed by atoms with Gasteiger partial charge in [0.05, 0.1) is 23.6 Å². The molecular weight excluding hydrogens is 333 g/mol. The number of aromatic nitrogens is 1. The molecule has 2 atom stereocenters.